The van der Waals surface area contributed by atoms with Gasteiger partial charge in [0.2, 0.25) is 5.89 Å². The number of hydrogen-bond acceptors (Lipinski definition) is 5. The summed E-state index contributed by atoms with van der Waals surface area (Å²) in [6.07, 6.45) is 0.690. The van der Waals surface area contributed by atoms with Crippen LogP contribution in [0.3, 0.4) is 0 Å². The van der Waals surface area contributed by atoms with Gasteiger partial charge in [-0.1, -0.05) is 18.5 Å². The van der Waals surface area contributed by atoms with E-state index in [1.807, 2.05) is 6.92 Å². The average Bonchev–Trinajstić information content (AvgIpc) is 2.85. The van der Waals surface area contributed by atoms with Crippen molar-refractivity contribution in [2.24, 2.45) is 0 Å². The fourth-order valence-corrected chi connectivity index (χ4v) is 1.64. The van der Waals surface area contributed by atoms with E-state index < -0.39 is 0 Å². The fraction of sp³-hybridized carbons (Fsp3) is 0.333. The minimum atomic E-state index is -0.139. The van der Waals surface area contributed by atoms with Crippen LogP contribution in [0.2, 0.25) is 5.02 Å². The Morgan fingerprint density at radius 1 is 1.33 bits per heavy atom. The lowest BCUT2D eigenvalue weighted by Gasteiger charge is -2.08. The molecule has 2 aromatic rings. The minimum Gasteiger partial charge on any atom is -0.483 e. The van der Waals surface area contributed by atoms with Gasteiger partial charge in [-0.25, -0.2) is 0 Å². The normalized spacial score (nSPS) is 10.6. The quantitative estimate of drug-likeness (QED) is 0.901. The fourth-order valence-electron chi connectivity index (χ4n) is 1.44. The van der Waals surface area contributed by atoms with Crippen LogP contribution in [-0.2, 0) is 19.6 Å². The van der Waals surface area contributed by atoms with E-state index in [9.17, 15) is 5.11 Å². The molecule has 0 aliphatic rings. The monoisotopic (exact) mass is 268 g/mol. The molecule has 0 radical (unpaired) electrons. The van der Waals surface area contributed by atoms with Gasteiger partial charge in [-0.05, 0) is 18.2 Å². The number of rotatable bonds is 5. The van der Waals surface area contributed by atoms with Crippen LogP contribution in [0.4, 0.5) is 0 Å². The second-order valence-electron chi connectivity index (χ2n) is 3.64. The highest BCUT2D eigenvalue weighted by Gasteiger charge is 2.08. The van der Waals surface area contributed by atoms with Crippen molar-refractivity contribution in [2.45, 2.75) is 26.6 Å². The molecule has 5 nitrogen and oxygen atoms in total. The molecule has 96 valence electrons. The Morgan fingerprint density at radius 2 is 2.11 bits per heavy atom. The summed E-state index contributed by atoms with van der Waals surface area (Å²) in [5.74, 6) is 1.54. The van der Waals surface area contributed by atoms with Crippen LogP contribution < -0.4 is 4.74 Å². The van der Waals surface area contributed by atoms with Gasteiger partial charge >= 0.3 is 0 Å². The van der Waals surface area contributed by atoms with Crippen molar-refractivity contribution < 1.29 is 14.3 Å². The number of halogens is 1. The zero-order valence-corrected chi connectivity index (χ0v) is 10.6. The molecule has 1 aromatic carbocycles. The Kier molecular flexibility index (Phi) is 4.17. The highest BCUT2D eigenvalue weighted by atomic mass is 35.5. The molecule has 0 bridgehead atoms. The summed E-state index contributed by atoms with van der Waals surface area (Å²) in [4.78, 5) is 0. The highest BCUT2D eigenvalue weighted by molar-refractivity contribution is 6.30. The van der Waals surface area contributed by atoms with Gasteiger partial charge in [0, 0.05) is 17.0 Å². The topological polar surface area (TPSA) is 68.4 Å². The number of ether oxygens (including phenoxy) is 1. The first-order chi connectivity index (χ1) is 8.72. The van der Waals surface area contributed by atoms with Crippen LogP contribution in [0.1, 0.15) is 24.3 Å². The Bertz CT molecular complexity index is 528. The van der Waals surface area contributed by atoms with E-state index in [4.69, 9.17) is 20.8 Å². The molecule has 0 aliphatic heterocycles. The summed E-state index contributed by atoms with van der Waals surface area (Å²) in [6, 6.07) is 5.05. The van der Waals surface area contributed by atoms with Gasteiger partial charge in [0.25, 0.3) is 5.89 Å². The van der Waals surface area contributed by atoms with E-state index in [0.29, 0.717) is 34.5 Å². The molecule has 1 heterocycles. The molecule has 6 heteroatoms. The van der Waals surface area contributed by atoms with Crippen LogP contribution in [0.25, 0.3) is 0 Å². The zero-order valence-electron chi connectivity index (χ0n) is 9.89. The van der Waals surface area contributed by atoms with E-state index in [1.165, 1.54) is 0 Å². The minimum absolute atomic E-state index is 0.139. The number of aromatic nitrogens is 2. The molecule has 1 aromatic heterocycles. The van der Waals surface area contributed by atoms with E-state index in [2.05, 4.69) is 10.2 Å². The second kappa shape index (κ2) is 5.84. The molecule has 1 N–H and O–H groups in total. The number of benzene rings is 1. The van der Waals surface area contributed by atoms with Crippen molar-refractivity contribution in [2.75, 3.05) is 0 Å². The Balaban J connectivity index is 2.05. The van der Waals surface area contributed by atoms with E-state index in [0.717, 1.165) is 0 Å². The molecule has 0 fully saturated rings. The van der Waals surface area contributed by atoms with Crippen LogP contribution in [0.5, 0.6) is 5.75 Å². The molecule has 0 amide bonds. The molecule has 0 saturated carbocycles. The summed E-state index contributed by atoms with van der Waals surface area (Å²) in [5, 5.41) is 17.4. The third-order valence-electron chi connectivity index (χ3n) is 2.36. The van der Waals surface area contributed by atoms with E-state index >= 15 is 0 Å². The van der Waals surface area contributed by atoms with Crippen molar-refractivity contribution in [3.63, 3.8) is 0 Å². The van der Waals surface area contributed by atoms with Crippen molar-refractivity contribution in [3.05, 3.63) is 40.6 Å². The van der Waals surface area contributed by atoms with Gasteiger partial charge in [-0.15, -0.1) is 10.2 Å². The average molecular weight is 269 g/mol. The van der Waals surface area contributed by atoms with Gasteiger partial charge in [0.05, 0.1) is 6.61 Å². The summed E-state index contributed by atoms with van der Waals surface area (Å²) in [7, 11) is 0. The zero-order chi connectivity index (χ0) is 13.0. The number of aliphatic hydroxyl groups is 1. The summed E-state index contributed by atoms with van der Waals surface area (Å²) >= 11 is 5.83. The van der Waals surface area contributed by atoms with E-state index in [1.54, 1.807) is 18.2 Å². The summed E-state index contributed by atoms with van der Waals surface area (Å²) < 4.78 is 10.8. The first-order valence-electron chi connectivity index (χ1n) is 5.56. The van der Waals surface area contributed by atoms with E-state index in [-0.39, 0.29) is 13.2 Å². The van der Waals surface area contributed by atoms with Crippen molar-refractivity contribution >= 4 is 11.6 Å². The number of aryl methyl sites for hydroxylation is 1. The third kappa shape index (κ3) is 3.00. The van der Waals surface area contributed by atoms with Gasteiger partial charge in [-0.3, -0.25) is 0 Å². The Hall–Kier alpha value is -1.59. The lowest BCUT2D eigenvalue weighted by atomic mass is 10.2. The smallest absolute Gasteiger partial charge is 0.253 e. The largest absolute Gasteiger partial charge is 0.483 e. The van der Waals surface area contributed by atoms with Crippen LogP contribution >= 0.6 is 11.6 Å². The number of aliphatic hydroxyl groups excluding tert-OH is 1. The van der Waals surface area contributed by atoms with Gasteiger partial charge in [0.1, 0.15) is 5.75 Å². The summed E-state index contributed by atoms with van der Waals surface area (Å²) in [5.41, 5.74) is 0.623. The molecule has 0 atom stereocenters. The lowest BCUT2D eigenvalue weighted by Crippen LogP contribution is -1.99. The van der Waals surface area contributed by atoms with Crippen molar-refractivity contribution in [1.29, 1.82) is 0 Å². The maximum Gasteiger partial charge on any atom is 0.253 e. The second-order valence-corrected chi connectivity index (χ2v) is 4.08. The van der Waals surface area contributed by atoms with Crippen molar-refractivity contribution in [1.82, 2.24) is 10.2 Å². The molecule has 0 aliphatic carbocycles. The SMILES string of the molecule is CCc1nnc(COc2ccc(Cl)cc2CO)o1. The number of hydrogen-bond donors (Lipinski definition) is 1. The van der Waals surface area contributed by atoms with Crippen LogP contribution in [0.15, 0.2) is 22.6 Å². The maximum absolute atomic E-state index is 9.19. The van der Waals surface area contributed by atoms with Crippen LogP contribution in [-0.4, -0.2) is 15.3 Å². The first kappa shape index (κ1) is 12.9. The Labute approximate surface area is 109 Å². The molecular weight excluding hydrogens is 256 g/mol. The Morgan fingerprint density at radius 3 is 2.78 bits per heavy atom. The predicted molar refractivity (Wildman–Crippen MR) is 65.4 cm³/mol. The van der Waals surface area contributed by atoms with Crippen molar-refractivity contribution in [3.8, 4) is 5.75 Å². The van der Waals surface area contributed by atoms with Gasteiger partial charge < -0.3 is 14.3 Å². The molecule has 0 spiro atoms. The standard InChI is InChI=1S/C12H13ClN2O3/c1-2-11-14-15-12(18-11)7-17-10-4-3-9(13)5-8(10)6-16/h3-5,16H,2,6-7H2,1H3. The molecular formula is C12H13ClN2O3. The third-order valence-corrected chi connectivity index (χ3v) is 2.59. The van der Waals surface area contributed by atoms with Gasteiger partial charge in [-0.2, -0.15) is 0 Å². The maximum atomic E-state index is 9.19. The molecule has 2 rings (SSSR count). The molecule has 0 unspecified atom stereocenters. The number of nitrogens with zero attached hydrogens (tertiary/aromatic N) is 2. The molecule has 0 saturated heterocycles. The van der Waals surface area contributed by atoms with Gasteiger partial charge in [0.15, 0.2) is 6.61 Å². The lowest BCUT2D eigenvalue weighted by molar-refractivity contribution is 0.239. The predicted octanol–water partition coefficient (Wildman–Crippen LogP) is 2.36. The van der Waals surface area contributed by atoms with Crippen LogP contribution in [0, 0.1) is 0 Å². The summed E-state index contributed by atoms with van der Waals surface area (Å²) in [6.45, 7) is 1.96. The first-order valence-corrected chi connectivity index (χ1v) is 5.94. The molecule has 18 heavy (non-hydrogen) atoms. The highest BCUT2D eigenvalue weighted by Crippen LogP contribution is 2.23.